The quantitative estimate of drug-likeness (QED) is 0.637. The highest BCUT2D eigenvalue weighted by Crippen LogP contribution is 2.20. The van der Waals surface area contributed by atoms with Gasteiger partial charge in [-0.15, -0.1) is 0 Å². The van der Waals surface area contributed by atoms with Crippen LogP contribution in [0.15, 0.2) is 30.6 Å². The molecule has 0 aliphatic heterocycles. The number of ether oxygens (including phenoxy) is 1. The normalized spacial score (nSPS) is 10.2. The van der Waals surface area contributed by atoms with E-state index in [0.717, 1.165) is 0 Å². The Bertz CT molecular complexity index is 530. The molecule has 1 aromatic carbocycles. The first kappa shape index (κ1) is 12.3. The van der Waals surface area contributed by atoms with Gasteiger partial charge < -0.3 is 10.2 Å². The largest absolute Gasteiger partial charge is 0.484 e. The van der Waals surface area contributed by atoms with Crippen molar-refractivity contribution in [2.75, 3.05) is 5.43 Å². The molecule has 0 unspecified atom stereocenters. The van der Waals surface area contributed by atoms with Crippen molar-refractivity contribution in [2.24, 2.45) is 5.84 Å². The van der Waals surface area contributed by atoms with Crippen molar-refractivity contribution in [3.8, 4) is 5.75 Å². The highest BCUT2D eigenvalue weighted by Gasteiger charge is 2.06. The third-order valence-electron chi connectivity index (χ3n) is 2.39. The minimum atomic E-state index is -0.356. The second-order valence-corrected chi connectivity index (χ2v) is 3.71. The van der Waals surface area contributed by atoms with Gasteiger partial charge in [-0.05, 0) is 18.6 Å². The number of hydrogen-bond donors (Lipinski definition) is 2. The fourth-order valence-corrected chi connectivity index (χ4v) is 1.39. The molecular formula is C12H13FN4O. The van der Waals surface area contributed by atoms with Crippen LogP contribution in [-0.4, -0.2) is 9.97 Å². The summed E-state index contributed by atoms with van der Waals surface area (Å²) in [6.07, 6.45) is 2.99. The van der Waals surface area contributed by atoms with Gasteiger partial charge in [-0.25, -0.2) is 15.2 Å². The van der Waals surface area contributed by atoms with Crippen LogP contribution >= 0.6 is 0 Å². The third kappa shape index (κ3) is 2.72. The van der Waals surface area contributed by atoms with E-state index in [1.165, 1.54) is 12.4 Å². The molecule has 2 rings (SSSR count). The van der Waals surface area contributed by atoms with Crippen molar-refractivity contribution >= 4 is 5.82 Å². The summed E-state index contributed by atoms with van der Waals surface area (Å²) in [5.74, 6) is 5.48. The van der Waals surface area contributed by atoms with Crippen LogP contribution in [0.25, 0.3) is 0 Å². The fourth-order valence-electron chi connectivity index (χ4n) is 1.39. The van der Waals surface area contributed by atoms with E-state index in [0.29, 0.717) is 17.1 Å². The number of hydrazine groups is 1. The maximum absolute atomic E-state index is 13.6. The Balaban J connectivity index is 2.04. The van der Waals surface area contributed by atoms with E-state index in [1.807, 2.05) is 0 Å². The third-order valence-corrected chi connectivity index (χ3v) is 2.39. The average molecular weight is 248 g/mol. The van der Waals surface area contributed by atoms with Gasteiger partial charge in [0.15, 0.2) is 17.4 Å². The Morgan fingerprint density at radius 2 is 2.17 bits per heavy atom. The molecule has 0 aliphatic rings. The van der Waals surface area contributed by atoms with E-state index >= 15 is 0 Å². The van der Waals surface area contributed by atoms with Crippen LogP contribution < -0.4 is 16.0 Å². The van der Waals surface area contributed by atoms with E-state index in [2.05, 4.69) is 15.4 Å². The van der Waals surface area contributed by atoms with Crippen LogP contribution in [-0.2, 0) is 6.61 Å². The summed E-state index contributed by atoms with van der Waals surface area (Å²) in [6, 6.07) is 5.00. The van der Waals surface area contributed by atoms with Gasteiger partial charge in [-0.1, -0.05) is 12.1 Å². The summed E-state index contributed by atoms with van der Waals surface area (Å²) in [7, 11) is 0. The molecular weight excluding hydrogens is 235 g/mol. The second kappa shape index (κ2) is 5.42. The smallest absolute Gasteiger partial charge is 0.167 e. The van der Waals surface area contributed by atoms with E-state index in [1.54, 1.807) is 25.1 Å². The molecule has 0 radical (unpaired) electrons. The molecule has 1 aromatic heterocycles. The fraction of sp³-hybridized carbons (Fsp3) is 0.167. The number of aryl methyl sites for hydroxylation is 1. The molecule has 0 spiro atoms. The molecule has 0 aliphatic carbocycles. The summed E-state index contributed by atoms with van der Waals surface area (Å²) in [4.78, 5) is 8.04. The van der Waals surface area contributed by atoms with Gasteiger partial charge in [0.1, 0.15) is 6.61 Å². The Hall–Kier alpha value is -2.21. The summed E-state index contributed by atoms with van der Waals surface area (Å²) in [5.41, 5.74) is 3.51. The average Bonchev–Trinajstić information content (AvgIpc) is 2.41. The number of anilines is 1. The lowest BCUT2D eigenvalue weighted by Crippen LogP contribution is -2.09. The van der Waals surface area contributed by atoms with Gasteiger partial charge in [-0.2, -0.15) is 0 Å². The number of rotatable bonds is 4. The van der Waals surface area contributed by atoms with Crippen molar-refractivity contribution in [1.29, 1.82) is 0 Å². The molecule has 0 saturated carbocycles. The first-order valence-electron chi connectivity index (χ1n) is 5.36. The van der Waals surface area contributed by atoms with Gasteiger partial charge >= 0.3 is 0 Å². The first-order valence-corrected chi connectivity index (χ1v) is 5.36. The van der Waals surface area contributed by atoms with Crippen LogP contribution in [0.1, 0.15) is 11.3 Å². The molecule has 1 heterocycles. The van der Waals surface area contributed by atoms with Gasteiger partial charge in [0.05, 0.1) is 18.1 Å². The van der Waals surface area contributed by atoms with Crippen LogP contribution in [0, 0.1) is 12.7 Å². The number of hydrogen-bond acceptors (Lipinski definition) is 5. The topological polar surface area (TPSA) is 73.1 Å². The van der Waals surface area contributed by atoms with Gasteiger partial charge in [0.2, 0.25) is 0 Å². The highest BCUT2D eigenvalue weighted by atomic mass is 19.1. The Morgan fingerprint density at radius 1 is 1.33 bits per heavy atom. The minimum Gasteiger partial charge on any atom is -0.484 e. The van der Waals surface area contributed by atoms with Crippen molar-refractivity contribution < 1.29 is 9.13 Å². The minimum absolute atomic E-state index is 0.151. The highest BCUT2D eigenvalue weighted by molar-refractivity contribution is 5.31. The van der Waals surface area contributed by atoms with Gasteiger partial charge in [0.25, 0.3) is 0 Å². The zero-order chi connectivity index (χ0) is 13.0. The van der Waals surface area contributed by atoms with Crippen molar-refractivity contribution in [3.05, 3.63) is 47.7 Å². The molecule has 0 fully saturated rings. The second-order valence-electron chi connectivity index (χ2n) is 3.71. The summed E-state index contributed by atoms with van der Waals surface area (Å²) in [6.45, 7) is 1.84. The molecule has 2 aromatic rings. The van der Waals surface area contributed by atoms with Gasteiger partial charge in [-0.3, -0.25) is 4.98 Å². The molecule has 0 saturated heterocycles. The number of nitrogen functional groups attached to an aromatic ring is 1. The van der Waals surface area contributed by atoms with Crippen molar-refractivity contribution in [1.82, 2.24) is 9.97 Å². The Labute approximate surface area is 104 Å². The number of nitrogens with zero attached hydrogens (tertiary/aromatic N) is 2. The molecule has 0 atom stereocenters. The molecule has 18 heavy (non-hydrogen) atoms. The lowest BCUT2D eigenvalue weighted by atomic mass is 10.2. The predicted octanol–water partition coefficient (Wildman–Crippen LogP) is 1.79. The molecule has 0 amide bonds. The van der Waals surface area contributed by atoms with Crippen LogP contribution in [0.4, 0.5) is 10.2 Å². The summed E-state index contributed by atoms with van der Waals surface area (Å²) >= 11 is 0. The van der Waals surface area contributed by atoms with E-state index in [-0.39, 0.29) is 18.2 Å². The molecule has 5 nitrogen and oxygen atoms in total. The SMILES string of the molecule is Cc1cccc(OCc2cnc(NN)cn2)c1F. The van der Waals surface area contributed by atoms with E-state index < -0.39 is 0 Å². The molecule has 0 bridgehead atoms. The van der Waals surface area contributed by atoms with Crippen LogP contribution in [0.3, 0.4) is 0 Å². The predicted molar refractivity (Wildman–Crippen MR) is 65.3 cm³/mol. The number of nitrogens with one attached hydrogen (secondary N) is 1. The molecule has 6 heteroatoms. The Kier molecular flexibility index (Phi) is 3.69. The van der Waals surface area contributed by atoms with Gasteiger partial charge in [0, 0.05) is 0 Å². The van der Waals surface area contributed by atoms with Crippen molar-refractivity contribution in [3.63, 3.8) is 0 Å². The molecule has 3 N–H and O–H groups in total. The lowest BCUT2D eigenvalue weighted by Gasteiger charge is -2.08. The Morgan fingerprint density at radius 3 is 2.83 bits per heavy atom. The maximum atomic E-state index is 13.6. The van der Waals surface area contributed by atoms with Crippen LogP contribution in [0.5, 0.6) is 5.75 Å². The maximum Gasteiger partial charge on any atom is 0.167 e. The standard InChI is InChI=1S/C12H13FN4O/c1-8-3-2-4-10(12(8)13)18-7-9-5-16-11(17-14)6-15-9/h2-6H,7,14H2,1H3,(H,16,17). The zero-order valence-corrected chi connectivity index (χ0v) is 9.85. The lowest BCUT2D eigenvalue weighted by molar-refractivity contribution is 0.285. The molecule has 94 valence electrons. The monoisotopic (exact) mass is 248 g/mol. The van der Waals surface area contributed by atoms with Crippen LogP contribution in [0.2, 0.25) is 0 Å². The number of benzene rings is 1. The van der Waals surface area contributed by atoms with E-state index in [4.69, 9.17) is 10.6 Å². The number of nitrogens with two attached hydrogens (primary N) is 1. The first-order chi connectivity index (χ1) is 8.70. The van der Waals surface area contributed by atoms with E-state index in [9.17, 15) is 4.39 Å². The summed E-state index contributed by atoms with van der Waals surface area (Å²) < 4.78 is 19.0. The number of halogens is 1. The summed E-state index contributed by atoms with van der Waals surface area (Å²) in [5, 5.41) is 0. The number of aromatic nitrogens is 2. The van der Waals surface area contributed by atoms with Crippen molar-refractivity contribution in [2.45, 2.75) is 13.5 Å². The zero-order valence-electron chi connectivity index (χ0n) is 9.85.